The number of amides is 2. The number of anilines is 2. The highest BCUT2D eigenvalue weighted by atomic mass is 16.2. The van der Waals surface area contributed by atoms with Gasteiger partial charge in [0.05, 0.1) is 5.70 Å². The number of urea groups is 1. The van der Waals surface area contributed by atoms with Gasteiger partial charge in [-0.2, -0.15) is 0 Å². The fourth-order valence-corrected chi connectivity index (χ4v) is 2.97. The van der Waals surface area contributed by atoms with E-state index in [9.17, 15) is 4.79 Å². The lowest BCUT2D eigenvalue weighted by Crippen LogP contribution is -2.38. The summed E-state index contributed by atoms with van der Waals surface area (Å²) in [4.78, 5) is 18.1. The standard InChI is InChI=1S/C18H22N4O/c1-3-22(18(23)19-2)15-6-7-17-16(12-15)13(8-10-21-17)11-14-5-4-9-20-14/h5-7,9,11-12,21H,3-4,8,10H2,1-2H3,(H,19,23)/b13-11+. The summed E-state index contributed by atoms with van der Waals surface area (Å²) >= 11 is 0. The third-order valence-corrected chi connectivity index (χ3v) is 4.14. The predicted octanol–water partition coefficient (Wildman–Crippen LogP) is 3.41. The highest BCUT2D eigenvalue weighted by Crippen LogP contribution is 2.35. The van der Waals surface area contributed by atoms with Crippen molar-refractivity contribution in [2.45, 2.75) is 19.8 Å². The lowest BCUT2D eigenvalue weighted by atomic mass is 9.95. The Morgan fingerprint density at radius 1 is 1.48 bits per heavy atom. The molecular formula is C18H22N4O. The predicted molar refractivity (Wildman–Crippen MR) is 96.2 cm³/mol. The highest BCUT2D eigenvalue weighted by molar-refractivity contribution is 5.93. The Hall–Kier alpha value is -2.56. The van der Waals surface area contributed by atoms with E-state index in [-0.39, 0.29) is 6.03 Å². The van der Waals surface area contributed by atoms with Crippen molar-refractivity contribution in [2.24, 2.45) is 4.99 Å². The fraction of sp³-hybridized carbons (Fsp3) is 0.333. The van der Waals surface area contributed by atoms with Crippen LogP contribution in [0.1, 0.15) is 25.3 Å². The van der Waals surface area contributed by atoms with E-state index >= 15 is 0 Å². The topological polar surface area (TPSA) is 56.7 Å². The molecule has 2 heterocycles. The van der Waals surface area contributed by atoms with Crippen LogP contribution in [0, 0.1) is 0 Å². The molecule has 0 spiro atoms. The van der Waals surface area contributed by atoms with E-state index in [1.807, 2.05) is 19.2 Å². The molecule has 0 aliphatic carbocycles. The second-order valence-electron chi connectivity index (χ2n) is 5.55. The summed E-state index contributed by atoms with van der Waals surface area (Å²) in [5.74, 6) is 0. The Bertz CT molecular complexity index is 703. The molecule has 0 fully saturated rings. The lowest BCUT2D eigenvalue weighted by Gasteiger charge is -2.25. The van der Waals surface area contributed by atoms with E-state index in [0.29, 0.717) is 6.54 Å². The molecule has 2 amide bonds. The number of nitrogens with zero attached hydrogens (tertiary/aromatic N) is 2. The smallest absolute Gasteiger partial charge is 0.321 e. The van der Waals surface area contributed by atoms with Gasteiger partial charge in [0.25, 0.3) is 0 Å². The van der Waals surface area contributed by atoms with Gasteiger partial charge in [-0.05, 0) is 43.2 Å². The van der Waals surface area contributed by atoms with Crippen LogP contribution in [0.25, 0.3) is 5.57 Å². The molecule has 120 valence electrons. The molecule has 0 saturated heterocycles. The second kappa shape index (κ2) is 6.69. The molecule has 1 aromatic rings. The van der Waals surface area contributed by atoms with Gasteiger partial charge in [-0.25, -0.2) is 4.79 Å². The van der Waals surface area contributed by atoms with Gasteiger partial charge in [-0.1, -0.05) is 6.08 Å². The molecule has 5 nitrogen and oxygen atoms in total. The van der Waals surface area contributed by atoms with Gasteiger partial charge in [0.1, 0.15) is 0 Å². The van der Waals surface area contributed by atoms with Crippen molar-refractivity contribution in [3.05, 3.63) is 41.6 Å². The molecule has 3 rings (SSSR count). The molecule has 0 saturated carbocycles. The maximum Gasteiger partial charge on any atom is 0.321 e. The van der Waals surface area contributed by atoms with Crippen LogP contribution in [0.2, 0.25) is 0 Å². The van der Waals surface area contributed by atoms with Crippen LogP contribution in [0.3, 0.4) is 0 Å². The number of benzene rings is 1. The minimum absolute atomic E-state index is 0.0927. The summed E-state index contributed by atoms with van der Waals surface area (Å²) in [6.45, 7) is 3.52. The van der Waals surface area contributed by atoms with Crippen LogP contribution < -0.4 is 15.5 Å². The summed E-state index contributed by atoms with van der Waals surface area (Å²) in [7, 11) is 1.65. The van der Waals surface area contributed by atoms with E-state index in [1.54, 1.807) is 11.9 Å². The van der Waals surface area contributed by atoms with Gasteiger partial charge in [-0.3, -0.25) is 9.89 Å². The van der Waals surface area contributed by atoms with Crippen LogP contribution >= 0.6 is 0 Å². The third-order valence-electron chi connectivity index (χ3n) is 4.14. The molecule has 0 radical (unpaired) electrons. The minimum Gasteiger partial charge on any atom is -0.384 e. The number of carbonyl (C=O) groups excluding carboxylic acids is 1. The van der Waals surface area contributed by atoms with Gasteiger partial charge in [0.2, 0.25) is 0 Å². The van der Waals surface area contributed by atoms with Crippen LogP contribution in [0.5, 0.6) is 0 Å². The largest absolute Gasteiger partial charge is 0.384 e. The molecular weight excluding hydrogens is 288 g/mol. The fourth-order valence-electron chi connectivity index (χ4n) is 2.97. The maximum absolute atomic E-state index is 12.0. The number of allylic oxidation sites excluding steroid dienone is 2. The summed E-state index contributed by atoms with van der Waals surface area (Å²) in [5.41, 5.74) is 5.46. The molecule has 0 unspecified atom stereocenters. The van der Waals surface area contributed by atoms with E-state index in [0.717, 1.165) is 42.0 Å². The van der Waals surface area contributed by atoms with Gasteiger partial charge in [-0.15, -0.1) is 0 Å². The Balaban J connectivity index is 1.99. The summed E-state index contributed by atoms with van der Waals surface area (Å²) in [5, 5.41) is 6.12. The Morgan fingerprint density at radius 2 is 2.35 bits per heavy atom. The van der Waals surface area contributed by atoms with Crippen molar-refractivity contribution >= 4 is 29.2 Å². The van der Waals surface area contributed by atoms with Crippen molar-refractivity contribution in [2.75, 3.05) is 30.4 Å². The normalized spacial score (nSPS) is 17.5. The van der Waals surface area contributed by atoms with E-state index in [2.05, 4.69) is 39.9 Å². The number of aliphatic imine (C=N–C) groups is 1. The molecule has 2 N–H and O–H groups in total. The van der Waals surface area contributed by atoms with E-state index < -0.39 is 0 Å². The van der Waals surface area contributed by atoms with Crippen molar-refractivity contribution in [3.8, 4) is 0 Å². The molecule has 23 heavy (non-hydrogen) atoms. The van der Waals surface area contributed by atoms with Crippen LogP contribution in [0.15, 0.2) is 41.0 Å². The molecule has 0 atom stereocenters. The zero-order valence-corrected chi connectivity index (χ0v) is 13.6. The zero-order valence-electron chi connectivity index (χ0n) is 13.6. The quantitative estimate of drug-likeness (QED) is 0.899. The number of rotatable bonds is 3. The molecule has 1 aromatic carbocycles. The van der Waals surface area contributed by atoms with Crippen LogP contribution in [-0.2, 0) is 0 Å². The molecule has 2 aliphatic rings. The average molecular weight is 310 g/mol. The van der Waals surface area contributed by atoms with Gasteiger partial charge in [0, 0.05) is 49.7 Å². The van der Waals surface area contributed by atoms with Crippen molar-refractivity contribution in [1.82, 2.24) is 5.32 Å². The Morgan fingerprint density at radius 3 is 3.04 bits per heavy atom. The van der Waals surface area contributed by atoms with Crippen LogP contribution in [-0.4, -0.2) is 32.4 Å². The Kier molecular flexibility index (Phi) is 4.46. The van der Waals surface area contributed by atoms with E-state index in [1.165, 1.54) is 5.57 Å². The molecule has 0 aromatic heterocycles. The van der Waals surface area contributed by atoms with Crippen molar-refractivity contribution in [1.29, 1.82) is 0 Å². The van der Waals surface area contributed by atoms with Crippen LogP contribution in [0.4, 0.5) is 16.2 Å². The lowest BCUT2D eigenvalue weighted by molar-refractivity contribution is 0.248. The molecule has 2 aliphatic heterocycles. The first-order valence-electron chi connectivity index (χ1n) is 8.03. The first kappa shape index (κ1) is 15.3. The zero-order chi connectivity index (χ0) is 16.2. The maximum atomic E-state index is 12.0. The van der Waals surface area contributed by atoms with Gasteiger partial charge in [0.15, 0.2) is 0 Å². The Labute approximate surface area is 136 Å². The minimum atomic E-state index is -0.0927. The number of nitrogens with one attached hydrogen (secondary N) is 2. The summed E-state index contributed by atoms with van der Waals surface area (Å²) in [6, 6.07) is 6.03. The van der Waals surface area contributed by atoms with Gasteiger partial charge < -0.3 is 10.6 Å². The van der Waals surface area contributed by atoms with Crippen molar-refractivity contribution in [3.63, 3.8) is 0 Å². The number of carbonyl (C=O) groups is 1. The molecule has 0 bridgehead atoms. The average Bonchev–Trinajstić information content (AvgIpc) is 3.09. The third kappa shape index (κ3) is 3.13. The number of hydrogen-bond acceptors (Lipinski definition) is 3. The first-order valence-corrected chi connectivity index (χ1v) is 8.03. The van der Waals surface area contributed by atoms with Gasteiger partial charge >= 0.3 is 6.03 Å². The highest BCUT2D eigenvalue weighted by Gasteiger charge is 2.18. The molecule has 5 heteroatoms. The second-order valence-corrected chi connectivity index (χ2v) is 5.55. The SMILES string of the molecule is CCN(C(=O)NC)c1ccc2c(c1)/C(=C/C1=CCC=N1)CCN2. The van der Waals surface area contributed by atoms with E-state index in [4.69, 9.17) is 0 Å². The monoisotopic (exact) mass is 310 g/mol. The summed E-state index contributed by atoms with van der Waals surface area (Å²) < 4.78 is 0. The number of fused-ring (bicyclic) bond motifs is 1. The van der Waals surface area contributed by atoms with Crippen molar-refractivity contribution < 1.29 is 4.79 Å². The first-order chi connectivity index (χ1) is 11.2. The summed E-state index contributed by atoms with van der Waals surface area (Å²) in [6.07, 6.45) is 8.07. The number of hydrogen-bond donors (Lipinski definition) is 2.